The van der Waals surface area contributed by atoms with Crippen LogP contribution in [0.5, 0.6) is 0 Å². The fraction of sp³-hybridized carbons (Fsp3) is 0.211. The SMILES string of the molecule is CN(C)C(=[N-])N(C(=N)N(C(=[N-])N(C)C)c1ccccc1)c1ccccc1.[Cl][Pt+2][Cl]. The summed E-state index contributed by atoms with van der Waals surface area (Å²) in [4.78, 5) is 5.70. The van der Waals surface area contributed by atoms with Gasteiger partial charge in [-0.15, -0.1) is 0 Å². The Morgan fingerprint density at radius 1 is 0.724 bits per heavy atom. The summed E-state index contributed by atoms with van der Waals surface area (Å²) < 4.78 is 0. The van der Waals surface area contributed by atoms with Crippen molar-refractivity contribution >= 4 is 48.1 Å². The van der Waals surface area contributed by atoms with Gasteiger partial charge in [0.25, 0.3) is 0 Å². The van der Waals surface area contributed by atoms with Gasteiger partial charge in [0.05, 0.1) is 5.96 Å². The Labute approximate surface area is 188 Å². The van der Waals surface area contributed by atoms with Crippen molar-refractivity contribution in [1.82, 2.24) is 9.80 Å². The normalized spacial score (nSPS) is 9.72. The monoisotopic (exact) mass is 614 g/mol. The van der Waals surface area contributed by atoms with Gasteiger partial charge >= 0.3 is 35.3 Å². The zero-order valence-corrected chi connectivity index (χ0v) is 20.3. The molecule has 2 rings (SSSR count). The van der Waals surface area contributed by atoms with E-state index in [9.17, 15) is 10.8 Å². The van der Waals surface area contributed by atoms with Crippen molar-refractivity contribution in [3.63, 3.8) is 0 Å². The first-order valence-corrected chi connectivity index (χ1v) is 14.0. The Hall–Kier alpha value is -2.08. The van der Waals surface area contributed by atoms with Crippen molar-refractivity contribution in [1.29, 1.82) is 5.41 Å². The molecule has 10 heteroatoms. The average molecular weight is 615 g/mol. The van der Waals surface area contributed by atoms with Crippen molar-refractivity contribution in [3.05, 3.63) is 71.5 Å². The summed E-state index contributed by atoms with van der Waals surface area (Å²) in [5.41, 5.74) is 1.19. The average Bonchev–Trinajstić information content (AvgIpc) is 2.70. The zero-order chi connectivity index (χ0) is 22.0. The molecule has 0 aliphatic heterocycles. The summed E-state index contributed by atoms with van der Waals surface area (Å²) in [7, 11) is 16.5. The maximum atomic E-state index is 10.6. The Morgan fingerprint density at radius 3 is 1.24 bits per heavy atom. The molecule has 0 spiro atoms. The number of benzene rings is 2. The number of para-hydroxylation sites is 2. The third-order valence-corrected chi connectivity index (χ3v) is 3.65. The van der Waals surface area contributed by atoms with Crippen LogP contribution in [-0.4, -0.2) is 55.9 Å². The molecule has 0 aromatic heterocycles. The van der Waals surface area contributed by atoms with Crippen molar-refractivity contribution in [2.24, 2.45) is 0 Å². The topological polar surface area (TPSA) is 81.4 Å². The summed E-state index contributed by atoms with van der Waals surface area (Å²) in [6, 6.07) is 18.1. The van der Waals surface area contributed by atoms with Crippen LogP contribution in [0.3, 0.4) is 0 Å². The van der Waals surface area contributed by atoms with Crippen LogP contribution in [0, 0.1) is 5.41 Å². The molecule has 0 saturated heterocycles. The molecule has 0 aliphatic carbocycles. The molecule has 1 N–H and O–H groups in total. The van der Waals surface area contributed by atoms with Gasteiger partial charge in [-0.05, 0) is 39.6 Å². The molecule has 0 heterocycles. The van der Waals surface area contributed by atoms with Crippen LogP contribution in [0.1, 0.15) is 0 Å². The number of rotatable bonds is 2. The van der Waals surface area contributed by atoms with Crippen LogP contribution in [-0.2, 0) is 16.5 Å². The molecule has 158 valence electrons. The molecule has 0 atom stereocenters. The molecule has 7 nitrogen and oxygen atoms in total. The Kier molecular flexibility index (Phi) is 10.7. The van der Waals surface area contributed by atoms with E-state index in [4.69, 9.17) is 24.2 Å². The molecule has 0 amide bonds. The predicted molar refractivity (Wildman–Crippen MR) is 121 cm³/mol. The van der Waals surface area contributed by atoms with Crippen molar-refractivity contribution in [2.45, 2.75) is 0 Å². The van der Waals surface area contributed by atoms with E-state index < -0.39 is 16.5 Å². The van der Waals surface area contributed by atoms with Crippen LogP contribution in [0.25, 0.3) is 10.8 Å². The molecule has 0 unspecified atom stereocenters. The second kappa shape index (κ2) is 12.5. The van der Waals surface area contributed by atoms with Crippen LogP contribution >= 0.6 is 18.8 Å². The van der Waals surface area contributed by atoms with E-state index in [1.54, 1.807) is 52.5 Å². The van der Waals surface area contributed by atoms with Crippen LogP contribution < -0.4 is 9.80 Å². The third-order valence-electron chi connectivity index (χ3n) is 3.65. The Morgan fingerprint density at radius 2 is 1.00 bits per heavy atom. The van der Waals surface area contributed by atoms with E-state index in [0.29, 0.717) is 11.4 Å². The first-order valence-electron chi connectivity index (χ1n) is 8.34. The number of anilines is 2. The van der Waals surface area contributed by atoms with Gasteiger partial charge in [0.1, 0.15) is 0 Å². The van der Waals surface area contributed by atoms with Gasteiger partial charge in [-0.25, -0.2) is 0 Å². The first kappa shape index (κ1) is 25.0. The van der Waals surface area contributed by atoms with Gasteiger partial charge in [0, 0.05) is 11.9 Å². The van der Waals surface area contributed by atoms with Crippen LogP contribution in [0.2, 0.25) is 0 Å². The van der Waals surface area contributed by atoms with Gasteiger partial charge in [0.15, 0.2) is 0 Å². The third kappa shape index (κ3) is 7.03. The fourth-order valence-corrected chi connectivity index (χ4v) is 2.32. The second-order valence-corrected chi connectivity index (χ2v) is 9.38. The molecule has 0 fully saturated rings. The molecule has 29 heavy (non-hydrogen) atoms. The maximum absolute atomic E-state index is 10.6. The molecule has 0 bridgehead atoms. The van der Waals surface area contributed by atoms with E-state index in [1.165, 1.54) is 19.6 Å². The van der Waals surface area contributed by atoms with E-state index in [0.717, 1.165) is 0 Å². The Balaban J connectivity index is 0.00000132. The predicted octanol–water partition coefficient (Wildman–Crippen LogP) is 4.28. The summed E-state index contributed by atoms with van der Waals surface area (Å²) in [6.45, 7) is 0. The zero-order valence-electron chi connectivity index (χ0n) is 16.5. The standard InChI is InChI=1S/C19H23N7.2ClH.Pt/c1-23(2)17(20)25(15-11-7-5-8-12-15)19(22)26(18(21)24(3)4)16-13-9-6-10-14-16;;;/h5-14,22H,1-4H3;2*1H;/q-2;;;+4/p-2. The minimum absolute atomic E-state index is 0.125. The summed E-state index contributed by atoms with van der Waals surface area (Å²) in [5, 5.41) is 30.0. The van der Waals surface area contributed by atoms with Gasteiger partial charge in [-0.3, -0.25) is 5.41 Å². The van der Waals surface area contributed by atoms with E-state index in [-0.39, 0.29) is 17.9 Å². The molecule has 2 aromatic rings. The van der Waals surface area contributed by atoms with E-state index in [1.807, 2.05) is 36.4 Å². The minimum atomic E-state index is -0.472. The molecular weight excluding hydrogens is 592 g/mol. The van der Waals surface area contributed by atoms with Crippen molar-refractivity contribution in [3.8, 4) is 0 Å². The van der Waals surface area contributed by atoms with Crippen LogP contribution in [0.15, 0.2) is 60.7 Å². The van der Waals surface area contributed by atoms with Gasteiger partial charge in [0.2, 0.25) is 0 Å². The molecule has 0 aliphatic rings. The first-order chi connectivity index (χ1) is 13.8. The molecule has 0 radical (unpaired) electrons. The second-order valence-electron chi connectivity index (χ2n) is 6.10. The van der Waals surface area contributed by atoms with Crippen molar-refractivity contribution in [2.75, 3.05) is 38.0 Å². The molecular formula is C19H23Cl2N7Pt. The number of hydrogen-bond acceptors (Lipinski definition) is 1. The summed E-state index contributed by atoms with van der Waals surface area (Å²) >= 11 is -0.472. The summed E-state index contributed by atoms with van der Waals surface area (Å²) in [5.74, 6) is -0.415. The van der Waals surface area contributed by atoms with Crippen LogP contribution in [0.4, 0.5) is 11.4 Å². The van der Waals surface area contributed by atoms with Crippen molar-refractivity contribution < 1.29 is 16.5 Å². The number of nitrogens with one attached hydrogen (secondary N) is 1. The molecule has 0 saturated carbocycles. The Bertz CT molecular complexity index is 735. The van der Waals surface area contributed by atoms with Gasteiger partial charge < -0.3 is 30.4 Å². The number of halogens is 2. The number of nitrogens with zero attached hydrogens (tertiary/aromatic N) is 6. The number of guanidine groups is 3. The summed E-state index contributed by atoms with van der Waals surface area (Å²) in [6.07, 6.45) is 0. The number of hydrogen-bond donors (Lipinski definition) is 1. The van der Waals surface area contributed by atoms with Gasteiger partial charge in [-0.1, -0.05) is 60.7 Å². The quantitative estimate of drug-likeness (QED) is 0.404. The van der Waals surface area contributed by atoms with E-state index in [2.05, 4.69) is 0 Å². The fourth-order valence-electron chi connectivity index (χ4n) is 2.32. The van der Waals surface area contributed by atoms with E-state index >= 15 is 0 Å². The molecule has 2 aromatic carbocycles. The van der Waals surface area contributed by atoms with Gasteiger partial charge in [-0.2, -0.15) is 0 Å².